The highest BCUT2D eigenvalue weighted by Crippen LogP contribution is 2.33. The van der Waals surface area contributed by atoms with E-state index in [1.807, 2.05) is 29.2 Å². The lowest BCUT2D eigenvalue weighted by atomic mass is 9.98. The van der Waals surface area contributed by atoms with Crippen molar-refractivity contribution in [2.24, 2.45) is 0 Å². The van der Waals surface area contributed by atoms with E-state index in [-0.39, 0.29) is 11.9 Å². The van der Waals surface area contributed by atoms with Crippen LogP contribution >= 0.6 is 0 Å². The number of methoxy groups -OCH3 is 1. The van der Waals surface area contributed by atoms with Crippen molar-refractivity contribution in [2.75, 3.05) is 32.1 Å². The molecule has 6 heteroatoms. The van der Waals surface area contributed by atoms with E-state index in [4.69, 9.17) is 14.7 Å². The van der Waals surface area contributed by atoms with Crippen molar-refractivity contribution < 1.29 is 9.53 Å². The van der Waals surface area contributed by atoms with Gasteiger partial charge in [0.25, 0.3) is 0 Å². The zero-order chi connectivity index (χ0) is 20.4. The van der Waals surface area contributed by atoms with Crippen molar-refractivity contribution >= 4 is 11.7 Å². The van der Waals surface area contributed by atoms with Gasteiger partial charge >= 0.3 is 0 Å². The maximum Gasteiger partial charge on any atom is 0.227 e. The highest BCUT2D eigenvalue weighted by Gasteiger charge is 2.31. The first-order valence-corrected chi connectivity index (χ1v) is 10.6. The number of hydrogen-bond donors (Lipinski definition) is 0. The van der Waals surface area contributed by atoms with Crippen LogP contribution in [0.15, 0.2) is 24.3 Å². The van der Waals surface area contributed by atoms with E-state index in [2.05, 4.69) is 18.9 Å². The molecule has 1 aromatic carbocycles. The van der Waals surface area contributed by atoms with Crippen LogP contribution in [-0.4, -0.2) is 48.0 Å². The van der Waals surface area contributed by atoms with Crippen LogP contribution < -0.4 is 9.64 Å². The molecule has 1 saturated heterocycles. The van der Waals surface area contributed by atoms with Crippen LogP contribution in [0.4, 0.5) is 5.82 Å². The summed E-state index contributed by atoms with van der Waals surface area (Å²) < 4.78 is 5.21. The number of carbonyl (C=O) groups excluding carboxylic acids is 1. The van der Waals surface area contributed by atoms with Gasteiger partial charge in [0.2, 0.25) is 5.91 Å². The Morgan fingerprint density at radius 1 is 1.14 bits per heavy atom. The van der Waals surface area contributed by atoms with E-state index in [9.17, 15) is 4.79 Å². The van der Waals surface area contributed by atoms with Crippen molar-refractivity contribution in [3.63, 3.8) is 0 Å². The fraction of sp³-hybridized carbons (Fsp3) is 0.522. The molecule has 154 valence electrons. The quantitative estimate of drug-likeness (QED) is 0.795. The summed E-state index contributed by atoms with van der Waals surface area (Å²) in [6.45, 7) is 3.87. The molecule has 0 saturated carbocycles. The van der Waals surface area contributed by atoms with Crippen molar-refractivity contribution in [2.45, 2.75) is 51.5 Å². The summed E-state index contributed by atoms with van der Waals surface area (Å²) in [5.41, 5.74) is 3.32. The molecule has 1 fully saturated rings. The first kappa shape index (κ1) is 19.7. The molecule has 3 heterocycles. The van der Waals surface area contributed by atoms with Crippen LogP contribution in [0.1, 0.15) is 54.4 Å². The zero-order valence-electron chi connectivity index (χ0n) is 17.6. The molecule has 2 aliphatic rings. The Hall–Kier alpha value is -2.63. The fourth-order valence-corrected chi connectivity index (χ4v) is 4.48. The molecule has 1 unspecified atom stereocenters. The zero-order valence-corrected chi connectivity index (χ0v) is 17.6. The normalized spacial score (nSPS) is 19.1. The van der Waals surface area contributed by atoms with Crippen LogP contribution in [0.3, 0.4) is 0 Å². The number of ether oxygens (including phenoxy) is 1. The SMILES string of the molecule is COc1ccc(CC(=O)N2CCCCC2c2nc(C)c3c(n2)N(C)CCC3)cc1. The lowest BCUT2D eigenvalue weighted by molar-refractivity contribution is -0.134. The lowest BCUT2D eigenvalue weighted by Gasteiger charge is -2.36. The minimum atomic E-state index is -0.0335. The molecule has 0 aliphatic carbocycles. The number of piperidine rings is 1. The van der Waals surface area contributed by atoms with E-state index in [0.29, 0.717) is 6.42 Å². The summed E-state index contributed by atoms with van der Waals surface area (Å²) >= 11 is 0. The summed E-state index contributed by atoms with van der Waals surface area (Å²) in [6.07, 6.45) is 5.64. The third kappa shape index (κ3) is 4.07. The Morgan fingerprint density at radius 2 is 1.93 bits per heavy atom. The predicted octanol–water partition coefficient (Wildman–Crippen LogP) is 3.47. The van der Waals surface area contributed by atoms with Gasteiger partial charge in [-0.25, -0.2) is 9.97 Å². The molecular formula is C23H30N4O2. The van der Waals surface area contributed by atoms with E-state index in [0.717, 1.165) is 73.8 Å². The number of likely N-dealkylation sites (tertiary alicyclic amines) is 1. The van der Waals surface area contributed by atoms with Crippen molar-refractivity contribution in [1.29, 1.82) is 0 Å². The van der Waals surface area contributed by atoms with Gasteiger partial charge in [0.15, 0.2) is 5.82 Å². The van der Waals surface area contributed by atoms with Gasteiger partial charge in [-0.05, 0) is 56.7 Å². The molecule has 2 aromatic rings. The summed E-state index contributed by atoms with van der Waals surface area (Å²) in [6, 6.07) is 7.70. The van der Waals surface area contributed by atoms with E-state index >= 15 is 0 Å². The highest BCUT2D eigenvalue weighted by molar-refractivity contribution is 5.79. The van der Waals surface area contributed by atoms with Crippen LogP contribution in [0.2, 0.25) is 0 Å². The summed E-state index contributed by atoms with van der Waals surface area (Å²) in [4.78, 5) is 27.2. The van der Waals surface area contributed by atoms with Crippen LogP contribution in [0.5, 0.6) is 5.75 Å². The summed E-state index contributed by atoms with van der Waals surface area (Å²) in [5, 5.41) is 0. The molecule has 1 atom stereocenters. The van der Waals surface area contributed by atoms with Crippen molar-refractivity contribution in [3.05, 3.63) is 46.9 Å². The predicted molar refractivity (Wildman–Crippen MR) is 113 cm³/mol. The van der Waals surface area contributed by atoms with Crippen molar-refractivity contribution in [1.82, 2.24) is 14.9 Å². The second-order valence-electron chi connectivity index (χ2n) is 8.12. The minimum absolute atomic E-state index is 0.0335. The third-order valence-electron chi connectivity index (χ3n) is 6.13. The number of hydrogen-bond acceptors (Lipinski definition) is 5. The Morgan fingerprint density at radius 3 is 2.69 bits per heavy atom. The lowest BCUT2D eigenvalue weighted by Crippen LogP contribution is -2.40. The Kier molecular flexibility index (Phi) is 5.69. The van der Waals surface area contributed by atoms with Gasteiger partial charge in [0, 0.05) is 31.4 Å². The maximum absolute atomic E-state index is 13.2. The topological polar surface area (TPSA) is 58.6 Å². The molecule has 2 aliphatic heterocycles. The monoisotopic (exact) mass is 394 g/mol. The summed E-state index contributed by atoms with van der Waals surface area (Å²) in [5.74, 6) is 2.80. The maximum atomic E-state index is 13.2. The number of aryl methyl sites for hydroxylation is 1. The number of amides is 1. The molecule has 0 radical (unpaired) electrons. The van der Waals surface area contributed by atoms with Gasteiger partial charge < -0.3 is 14.5 Å². The second kappa shape index (κ2) is 8.39. The number of fused-ring (bicyclic) bond motifs is 1. The molecule has 0 N–H and O–H groups in total. The molecule has 0 spiro atoms. The third-order valence-corrected chi connectivity index (χ3v) is 6.13. The van der Waals surface area contributed by atoms with Gasteiger partial charge in [0.1, 0.15) is 11.6 Å². The van der Waals surface area contributed by atoms with Gasteiger partial charge in [-0.15, -0.1) is 0 Å². The van der Waals surface area contributed by atoms with Gasteiger partial charge in [0.05, 0.1) is 19.6 Å². The number of anilines is 1. The van der Waals surface area contributed by atoms with Crippen LogP contribution in [0, 0.1) is 6.92 Å². The standard InChI is InChI=1S/C23H30N4O2/c1-16-19-7-6-13-26(2)23(19)25-22(24-16)20-8-4-5-14-27(20)21(28)15-17-9-11-18(29-3)12-10-17/h9-12,20H,4-8,13-15H2,1-3H3. The Balaban J connectivity index is 1.58. The summed E-state index contributed by atoms with van der Waals surface area (Å²) in [7, 11) is 3.75. The number of aromatic nitrogens is 2. The fourth-order valence-electron chi connectivity index (χ4n) is 4.48. The minimum Gasteiger partial charge on any atom is -0.497 e. The number of nitrogens with zero attached hydrogens (tertiary/aromatic N) is 4. The molecule has 6 nitrogen and oxygen atoms in total. The molecule has 1 amide bonds. The average Bonchev–Trinajstić information content (AvgIpc) is 2.75. The molecular weight excluding hydrogens is 364 g/mol. The highest BCUT2D eigenvalue weighted by atomic mass is 16.5. The smallest absolute Gasteiger partial charge is 0.227 e. The molecule has 0 bridgehead atoms. The van der Waals surface area contributed by atoms with Gasteiger partial charge in [-0.1, -0.05) is 12.1 Å². The number of benzene rings is 1. The van der Waals surface area contributed by atoms with Crippen LogP contribution in [-0.2, 0) is 17.6 Å². The number of rotatable bonds is 4. The van der Waals surface area contributed by atoms with Crippen LogP contribution in [0.25, 0.3) is 0 Å². The average molecular weight is 395 g/mol. The van der Waals surface area contributed by atoms with Gasteiger partial charge in [-0.3, -0.25) is 4.79 Å². The number of carbonyl (C=O) groups is 1. The van der Waals surface area contributed by atoms with Gasteiger partial charge in [-0.2, -0.15) is 0 Å². The first-order valence-electron chi connectivity index (χ1n) is 10.6. The van der Waals surface area contributed by atoms with Crippen molar-refractivity contribution in [3.8, 4) is 5.75 Å². The Bertz CT molecular complexity index is 881. The second-order valence-corrected chi connectivity index (χ2v) is 8.12. The van der Waals surface area contributed by atoms with E-state index in [1.54, 1.807) is 7.11 Å². The van der Waals surface area contributed by atoms with E-state index < -0.39 is 0 Å². The molecule has 1 aromatic heterocycles. The van der Waals surface area contributed by atoms with E-state index in [1.165, 1.54) is 5.56 Å². The first-order chi connectivity index (χ1) is 14.1. The largest absolute Gasteiger partial charge is 0.497 e. The molecule has 4 rings (SSSR count). The molecule has 29 heavy (non-hydrogen) atoms. The Labute approximate surface area is 172 Å².